The molecule has 0 radical (unpaired) electrons. The van der Waals surface area contributed by atoms with Gasteiger partial charge in [0.2, 0.25) is 16.8 Å². The highest BCUT2D eigenvalue weighted by atomic mass is 32.2. The third kappa shape index (κ3) is 3.95. The molecular weight excluding hydrogens is 386 g/mol. The number of aromatic nitrogens is 4. The monoisotopic (exact) mass is 401 g/mol. The molecule has 0 aliphatic carbocycles. The fourth-order valence-corrected chi connectivity index (χ4v) is 4.86. The van der Waals surface area contributed by atoms with Crippen LogP contribution in [0.25, 0.3) is 10.7 Å². The Morgan fingerprint density at radius 3 is 2.92 bits per heavy atom. The van der Waals surface area contributed by atoms with Crippen LogP contribution in [0.5, 0.6) is 0 Å². The van der Waals surface area contributed by atoms with Gasteiger partial charge in [-0.25, -0.2) is 0 Å². The summed E-state index contributed by atoms with van der Waals surface area (Å²) < 4.78 is 6.25. The second kappa shape index (κ2) is 7.56. The Labute approximate surface area is 162 Å². The highest BCUT2D eigenvalue weighted by Crippen LogP contribution is 2.38. The van der Waals surface area contributed by atoms with Crippen molar-refractivity contribution in [3.8, 4) is 10.7 Å². The summed E-state index contributed by atoms with van der Waals surface area (Å²) in [5.74, 6) is 1.21. The zero-order valence-corrected chi connectivity index (χ0v) is 16.5. The molecule has 132 valence electrons. The second-order valence-electron chi connectivity index (χ2n) is 5.56. The van der Waals surface area contributed by atoms with E-state index in [2.05, 4.69) is 44.7 Å². The molecule has 0 aliphatic rings. The van der Waals surface area contributed by atoms with Crippen LogP contribution in [-0.2, 0) is 0 Å². The Morgan fingerprint density at radius 1 is 1.19 bits per heavy atom. The third-order valence-electron chi connectivity index (χ3n) is 3.48. The molecule has 9 heteroatoms. The Balaban J connectivity index is 1.42. The number of benzene rings is 1. The number of hydrogen-bond donors (Lipinski definition) is 1. The standard InChI is InChI=1S/C17H15N5OS3/c1-10-5-3-6-12(9-10)18-16-20-21-17(26-16)25-11(2)15-19-14(22-23-15)13-7-4-8-24-13/h3-9,11H,1-2H3,(H,18,20). The molecular formula is C17H15N5OS3. The number of nitrogens with one attached hydrogen (secondary N) is 1. The van der Waals surface area contributed by atoms with E-state index in [-0.39, 0.29) is 5.25 Å². The van der Waals surface area contributed by atoms with Crippen molar-refractivity contribution >= 4 is 45.3 Å². The Hall–Kier alpha value is -2.23. The van der Waals surface area contributed by atoms with Crippen LogP contribution in [-0.4, -0.2) is 20.3 Å². The van der Waals surface area contributed by atoms with Crippen LogP contribution in [0.15, 0.2) is 50.6 Å². The Morgan fingerprint density at radius 2 is 2.12 bits per heavy atom. The molecule has 1 unspecified atom stereocenters. The van der Waals surface area contributed by atoms with Gasteiger partial charge in [0, 0.05) is 5.69 Å². The quantitative estimate of drug-likeness (QED) is 0.424. The summed E-state index contributed by atoms with van der Waals surface area (Å²) in [6.07, 6.45) is 0. The zero-order valence-electron chi connectivity index (χ0n) is 14.0. The van der Waals surface area contributed by atoms with Crippen LogP contribution in [0, 0.1) is 6.92 Å². The molecule has 1 N–H and O–H groups in total. The van der Waals surface area contributed by atoms with Crippen molar-refractivity contribution < 1.29 is 4.52 Å². The zero-order chi connectivity index (χ0) is 17.9. The lowest BCUT2D eigenvalue weighted by Gasteiger charge is -2.02. The smallest absolute Gasteiger partial charge is 0.240 e. The highest BCUT2D eigenvalue weighted by molar-refractivity contribution is 8.01. The van der Waals surface area contributed by atoms with Crippen LogP contribution in [0.4, 0.5) is 10.8 Å². The molecule has 0 fully saturated rings. The van der Waals surface area contributed by atoms with Gasteiger partial charge in [-0.2, -0.15) is 4.98 Å². The number of thiophene rings is 1. The van der Waals surface area contributed by atoms with E-state index in [1.54, 1.807) is 23.1 Å². The minimum Gasteiger partial charge on any atom is -0.338 e. The average Bonchev–Trinajstić information content (AvgIpc) is 3.36. The van der Waals surface area contributed by atoms with Gasteiger partial charge in [0.05, 0.1) is 10.1 Å². The number of aryl methyl sites for hydroxylation is 1. The van der Waals surface area contributed by atoms with Crippen LogP contribution in [0.3, 0.4) is 0 Å². The average molecular weight is 402 g/mol. The van der Waals surface area contributed by atoms with Gasteiger partial charge in [0.1, 0.15) is 0 Å². The van der Waals surface area contributed by atoms with Gasteiger partial charge in [0.25, 0.3) is 0 Å². The van der Waals surface area contributed by atoms with Crippen LogP contribution in [0.2, 0.25) is 0 Å². The van der Waals surface area contributed by atoms with Gasteiger partial charge in [-0.05, 0) is 43.0 Å². The normalized spacial score (nSPS) is 12.2. The minimum absolute atomic E-state index is 0.00372. The maximum absolute atomic E-state index is 5.40. The molecule has 6 nitrogen and oxygen atoms in total. The molecule has 0 bridgehead atoms. The third-order valence-corrected chi connectivity index (χ3v) is 6.36. The molecule has 0 aliphatic heterocycles. The van der Waals surface area contributed by atoms with E-state index in [0.29, 0.717) is 11.7 Å². The molecule has 0 amide bonds. The summed E-state index contributed by atoms with van der Waals surface area (Å²) in [5, 5.41) is 18.5. The summed E-state index contributed by atoms with van der Waals surface area (Å²) in [6, 6.07) is 12.1. The number of anilines is 2. The number of nitrogens with zero attached hydrogens (tertiary/aromatic N) is 4. The predicted molar refractivity (Wildman–Crippen MR) is 106 cm³/mol. The van der Waals surface area contributed by atoms with Gasteiger partial charge in [0.15, 0.2) is 4.34 Å². The van der Waals surface area contributed by atoms with E-state index >= 15 is 0 Å². The summed E-state index contributed by atoms with van der Waals surface area (Å²) in [7, 11) is 0. The maximum atomic E-state index is 5.40. The molecule has 4 aromatic rings. The van der Waals surface area contributed by atoms with E-state index in [1.807, 2.05) is 36.6 Å². The highest BCUT2D eigenvalue weighted by Gasteiger charge is 2.19. The van der Waals surface area contributed by atoms with Crippen molar-refractivity contribution in [3.63, 3.8) is 0 Å². The molecule has 4 rings (SSSR count). The summed E-state index contributed by atoms with van der Waals surface area (Å²) in [5.41, 5.74) is 2.20. The van der Waals surface area contributed by atoms with Crippen LogP contribution < -0.4 is 5.32 Å². The van der Waals surface area contributed by atoms with Gasteiger partial charge >= 0.3 is 0 Å². The lowest BCUT2D eigenvalue weighted by Crippen LogP contribution is -1.89. The fraction of sp³-hybridized carbons (Fsp3) is 0.176. The SMILES string of the molecule is Cc1cccc(Nc2nnc(SC(C)c3nc(-c4cccs4)no3)s2)c1. The van der Waals surface area contributed by atoms with Crippen LogP contribution >= 0.6 is 34.4 Å². The Kier molecular flexibility index (Phi) is 5.00. The van der Waals surface area contributed by atoms with Gasteiger partial charge in [-0.1, -0.05) is 46.5 Å². The van der Waals surface area contributed by atoms with E-state index in [4.69, 9.17) is 4.52 Å². The van der Waals surface area contributed by atoms with E-state index in [9.17, 15) is 0 Å². The number of rotatable bonds is 6. The maximum Gasteiger partial charge on any atom is 0.240 e. The first-order valence-electron chi connectivity index (χ1n) is 7.89. The molecule has 26 heavy (non-hydrogen) atoms. The number of hydrogen-bond acceptors (Lipinski definition) is 9. The predicted octanol–water partition coefficient (Wildman–Crippen LogP) is 5.55. The molecule has 1 atom stereocenters. The fourth-order valence-electron chi connectivity index (χ4n) is 2.26. The molecule has 1 aromatic carbocycles. The van der Waals surface area contributed by atoms with E-state index < -0.39 is 0 Å². The number of thioether (sulfide) groups is 1. The van der Waals surface area contributed by atoms with Crippen LogP contribution in [0.1, 0.15) is 23.6 Å². The van der Waals surface area contributed by atoms with Crippen molar-refractivity contribution in [2.45, 2.75) is 23.4 Å². The molecule has 0 spiro atoms. The first-order valence-corrected chi connectivity index (χ1v) is 10.5. The van der Waals surface area contributed by atoms with Gasteiger partial charge in [-0.3, -0.25) is 0 Å². The molecule has 3 aromatic heterocycles. The summed E-state index contributed by atoms with van der Waals surface area (Å²) in [6.45, 7) is 4.08. The first-order chi connectivity index (χ1) is 12.7. The van der Waals surface area contributed by atoms with Crippen molar-refractivity contribution in [3.05, 3.63) is 53.2 Å². The lowest BCUT2D eigenvalue weighted by molar-refractivity contribution is 0.381. The summed E-state index contributed by atoms with van der Waals surface area (Å²) in [4.78, 5) is 5.48. The Bertz CT molecular complexity index is 995. The molecule has 3 heterocycles. The van der Waals surface area contributed by atoms with E-state index in [1.165, 1.54) is 16.9 Å². The summed E-state index contributed by atoms with van der Waals surface area (Å²) >= 11 is 4.65. The lowest BCUT2D eigenvalue weighted by atomic mass is 10.2. The van der Waals surface area contributed by atoms with Crippen molar-refractivity contribution in [2.24, 2.45) is 0 Å². The first kappa shape index (κ1) is 17.2. The molecule has 0 saturated carbocycles. The van der Waals surface area contributed by atoms with Crippen molar-refractivity contribution in [1.29, 1.82) is 0 Å². The minimum atomic E-state index is -0.00372. The largest absolute Gasteiger partial charge is 0.338 e. The topological polar surface area (TPSA) is 76.7 Å². The van der Waals surface area contributed by atoms with Gasteiger partial charge in [-0.15, -0.1) is 21.5 Å². The van der Waals surface area contributed by atoms with Crippen molar-refractivity contribution in [2.75, 3.05) is 5.32 Å². The second-order valence-corrected chi connectivity index (χ2v) is 9.07. The van der Waals surface area contributed by atoms with Gasteiger partial charge < -0.3 is 9.84 Å². The van der Waals surface area contributed by atoms with E-state index in [0.717, 1.165) is 20.0 Å². The molecule has 0 saturated heterocycles. The van der Waals surface area contributed by atoms with Crippen molar-refractivity contribution in [1.82, 2.24) is 20.3 Å².